The summed E-state index contributed by atoms with van der Waals surface area (Å²) in [4.78, 5) is 35.1. The second kappa shape index (κ2) is 8.81. The molecule has 3 aromatic heterocycles. The lowest BCUT2D eigenvalue weighted by molar-refractivity contribution is 0.101. The van der Waals surface area contributed by atoms with Crippen LogP contribution in [-0.4, -0.2) is 29.9 Å². The van der Waals surface area contributed by atoms with Crippen molar-refractivity contribution >= 4 is 33.6 Å². The Bertz CT molecular complexity index is 1620. The minimum absolute atomic E-state index is 0.127. The van der Waals surface area contributed by atoms with E-state index in [1.54, 1.807) is 9.36 Å². The number of hydrogen-bond donors (Lipinski definition) is 0. The van der Waals surface area contributed by atoms with Crippen LogP contribution in [-0.2, 0) is 7.05 Å². The zero-order chi connectivity index (χ0) is 23.8. The molecule has 34 heavy (non-hydrogen) atoms. The zero-order valence-corrected chi connectivity index (χ0v) is 20.3. The Morgan fingerprint density at radius 1 is 1.00 bits per heavy atom. The smallest absolute Gasteiger partial charge is 0.281 e. The number of aromatic nitrogens is 5. The SMILES string of the molecule is CC(=O)c1nn(-c2ccccc2)/c(=N/c2nc(-c3c(C)n(C)n(-c4ccccc4)c3=O)cs2)s1. The van der Waals surface area contributed by atoms with Crippen LogP contribution >= 0.6 is 22.7 Å². The van der Waals surface area contributed by atoms with Gasteiger partial charge >= 0.3 is 0 Å². The predicted molar refractivity (Wildman–Crippen MR) is 134 cm³/mol. The maximum absolute atomic E-state index is 13.3. The van der Waals surface area contributed by atoms with Crippen LogP contribution in [0.2, 0.25) is 0 Å². The first-order valence-corrected chi connectivity index (χ1v) is 12.1. The molecule has 2 aromatic carbocycles. The molecule has 0 N–H and O–H groups in total. The van der Waals surface area contributed by atoms with Gasteiger partial charge in [0.15, 0.2) is 10.8 Å². The average molecular weight is 489 g/mol. The molecular weight excluding hydrogens is 468 g/mol. The molecule has 0 atom stereocenters. The standard InChI is InChI=1S/C24H20N6O2S2/c1-15-20(22(32)30(28(15)3)18-12-8-5-9-13-18)19-14-33-23(25-19)26-24-29(17-10-6-4-7-11-17)27-21(34-24)16(2)31/h4-14H,1-3H3/b26-24-. The summed E-state index contributed by atoms with van der Waals surface area (Å²) in [6.45, 7) is 3.38. The third-order valence-electron chi connectivity index (χ3n) is 5.36. The lowest BCUT2D eigenvalue weighted by Crippen LogP contribution is -2.20. The van der Waals surface area contributed by atoms with Gasteiger partial charge in [-0.2, -0.15) is 10.1 Å². The maximum atomic E-state index is 13.3. The summed E-state index contributed by atoms with van der Waals surface area (Å²) in [7, 11) is 1.86. The van der Waals surface area contributed by atoms with Crippen LogP contribution in [0.25, 0.3) is 22.6 Å². The fourth-order valence-corrected chi connectivity index (χ4v) is 5.15. The van der Waals surface area contributed by atoms with Crippen molar-refractivity contribution < 1.29 is 4.79 Å². The summed E-state index contributed by atoms with van der Waals surface area (Å²) >= 11 is 2.54. The monoisotopic (exact) mass is 488 g/mol. The molecule has 170 valence electrons. The summed E-state index contributed by atoms with van der Waals surface area (Å²) < 4.78 is 5.10. The molecule has 0 unspecified atom stereocenters. The first kappa shape index (κ1) is 21.9. The van der Waals surface area contributed by atoms with Crippen LogP contribution in [0.1, 0.15) is 22.4 Å². The van der Waals surface area contributed by atoms with Crippen molar-refractivity contribution in [3.63, 3.8) is 0 Å². The number of Topliss-reactive ketones (excluding diaryl/α,β-unsaturated/α-hetero) is 1. The molecule has 0 aliphatic heterocycles. The van der Waals surface area contributed by atoms with Crippen LogP contribution in [0.3, 0.4) is 0 Å². The van der Waals surface area contributed by atoms with Crippen molar-refractivity contribution in [2.75, 3.05) is 0 Å². The van der Waals surface area contributed by atoms with Gasteiger partial charge in [0, 0.05) is 25.0 Å². The summed E-state index contributed by atoms with van der Waals surface area (Å²) in [5.41, 5.74) is 3.36. The van der Waals surface area contributed by atoms with Gasteiger partial charge in [-0.25, -0.2) is 14.3 Å². The molecule has 5 rings (SSSR count). The summed E-state index contributed by atoms with van der Waals surface area (Å²) in [6.07, 6.45) is 0. The van der Waals surface area contributed by atoms with E-state index >= 15 is 0 Å². The number of nitrogens with zero attached hydrogens (tertiary/aromatic N) is 6. The van der Waals surface area contributed by atoms with Crippen LogP contribution < -0.4 is 10.4 Å². The Balaban J connectivity index is 1.61. The third kappa shape index (κ3) is 3.87. The summed E-state index contributed by atoms with van der Waals surface area (Å²) in [6, 6.07) is 19.0. The molecule has 0 fully saturated rings. The van der Waals surface area contributed by atoms with Gasteiger partial charge in [0.1, 0.15) is 0 Å². The number of ketones is 1. The van der Waals surface area contributed by atoms with Gasteiger partial charge in [-0.05, 0) is 31.2 Å². The highest BCUT2D eigenvalue weighted by Gasteiger charge is 2.20. The molecule has 0 amide bonds. The quantitative estimate of drug-likeness (QED) is 0.345. The van der Waals surface area contributed by atoms with E-state index in [4.69, 9.17) is 0 Å². The van der Waals surface area contributed by atoms with Gasteiger partial charge in [-0.3, -0.25) is 14.3 Å². The zero-order valence-electron chi connectivity index (χ0n) is 18.7. The fraction of sp³-hybridized carbons (Fsp3) is 0.125. The molecule has 10 heteroatoms. The number of carbonyl (C=O) groups is 1. The first-order chi connectivity index (χ1) is 16.4. The highest BCUT2D eigenvalue weighted by atomic mass is 32.1. The van der Waals surface area contributed by atoms with Gasteiger partial charge in [0.25, 0.3) is 5.56 Å². The first-order valence-electron chi connectivity index (χ1n) is 10.4. The van der Waals surface area contributed by atoms with Gasteiger partial charge in [-0.15, -0.1) is 11.3 Å². The number of hydrogen-bond acceptors (Lipinski definition) is 7. The molecule has 8 nitrogen and oxygen atoms in total. The van der Waals surface area contributed by atoms with E-state index in [0.29, 0.717) is 26.2 Å². The van der Waals surface area contributed by atoms with Crippen LogP contribution in [0.4, 0.5) is 5.13 Å². The molecule has 0 saturated carbocycles. The Hall–Kier alpha value is -3.89. The van der Waals surface area contributed by atoms with Crippen molar-refractivity contribution in [2.24, 2.45) is 12.0 Å². The van der Waals surface area contributed by atoms with Gasteiger partial charge in [0.05, 0.1) is 22.6 Å². The lowest BCUT2D eigenvalue weighted by Gasteiger charge is -2.07. The maximum Gasteiger partial charge on any atom is 0.281 e. The van der Waals surface area contributed by atoms with Crippen molar-refractivity contribution in [1.29, 1.82) is 0 Å². The van der Waals surface area contributed by atoms with Crippen LogP contribution in [0.15, 0.2) is 75.8 Å². The van der Waals surface area contributed by atoms with E-state index in [2.05, 4.69) is 15.1 Å². The van der Waals surface area contributed by atoms with Gasteiger partial charge < -0.3 is 0 Å². The Morgan fingerprint density at radius 2 is 1.65 bits per heavy atom. The summed E-state index contributed by atoms with van der Waals surface area (Å²) in [5, 5.41) is 7.10. The van der Waals surface area contributed by atoms with Crippen molar-refractivity contribution in [3.8, 4) is 22.6 Å². The lowest BCUT2D eigenvalue weighted by atomic mass is 10.2. The molecular formula is C24H20N6O2S2. The fourth-order valence-electron chi connectivity index (χ4n) is 3.61. The van der Waals surface area contributed by atoms with Gasteiger partial charge in [-0.1, -0.05) is 47.7 Å². The third-order valence-corrected chi connectivity index (χ3v) is 7.10. The molecule has 0 radical (unpaired) electrons. The average Bonchev–Trinajstić information content (AvgIpc) is 3.53. The number of rotatable bonds is 5. The topological polar surface area (TPSA) is 87.1 Å². The van der Waals surface area contributed by atoms with Crippen LogP contribution in [0, 0.1) is 6.92 Å². The number of benzene rings is 2. The normalized spacial score (nSPS) is 11.8. The predicted octanol–water partition coefficient (Wildman–Crippen LogP) is 4.29. The largest absolute Gasteiger partial charge is 0.292 e. The highest BCUT2D eigenvalue weighted by molar-refractivity contribution is 7.14. The molecule has 0 bridgehead atoms. The number of carbonyl (C=O) groups excluding carboxylic acids is 1. The Kier molecular flexibility index (Phi) is 5.68. The molecule has 0 aliphatic rings. The van der Waals surface area contributed by atoms with E-state index in [0.717, 1.165) is 17.1 Å². The molecule has 5 aromatic rings. The van der Waals surface area contributed by atoms with E-state index in [-0.39, 0.29) is 11.3 Å². The van der Waals surface area contributed by atoms with Crippen molar-refractivity contribution in [3.05, 3.63) is 91.9 Å². The Morgan fingerprint density at radius 3 is 2.29 bits per heavy atom. The van der Waals surface area contributed by atoms with Crippen molar-refractivity contribution in [1.82, 2.24) is 24.1 Å². The number of thiazole rings is 1. The second-order valence-corrected chi connectivity index (χ2v) is 9.35. The van der Waals surface area contributed by atoms with E-state index in [1.807, 2.05) is 84.7 Å². The molecule has 0 aliphatic carbocycles. The molecule has 0 spiro atoms. The minimum atomic E-state index is -0.140. The second-order valence-electron chi connectivity index (χ2n) is 7.56. The minimum Gasteiger partial charge on any atom is -0.292 e. The van der Waals surface area contributed by atoms with E-state index in [9.17, 15) is 9.59 Å². The van der Waals surface area contributed by atoms with E-state index < -0.39 is 0 Å². The van der Waals surface area contributed by atoms with Gasteiger partial charge in [0.2, 0.25) is 9.93 Å². The highest BCUT2D eigenvalue weighted by Crippen LogP contribution is 2.27. The van der Waals surface area contributed by atoms with Crippen molar-refractivity contribution in [2.45, 2.75) is 13.8 Å². The molecule has 3 heterocycles. The van der Waals surface area contributed by atoms with Crippen LogP contribution in [0.5, 0.6) is 0 Å². The summed E-state index contributed by atoms with van der Waals surface area (Å²) in [5.74, 6) is -0.127. The molecule has 0 saturated heterocycles. The number of para-hydroxylation sites is 2. The van der Waals surface area contributed by atoms with E-state index in [1.165, 1.54) is 29.6 Å². The Labute approximate surface area is 202 Å².